The van der Waals surface area contributed by atoms with Gasteiger partial charge in [0.15, 0.2) is 0 Å². The highest BCUT2D eigenvalue weighted by Crippen LogP contribution is 2.18. The van der Waals surface area contributed by atoms with Crippen molar-refractivity contribution in [1.29, 1.82) is 0 Å². The van der Waals surface area contributed by atoms with Gasteiger partial charge in [-0.05, 0) is 27.7 Å². The Labute approximate surface area is 80.7 Å². The van der Waals surface area contributed by atoms with Gasteiger partial charge < -0.3 is 9.84 Å². The lowest BCUT2D eigenvalue weighted by Crippen LogP contribution is -2.53. The molecule has 0 spiro atoms. The highest BCUT2D eigenvalue weighted by molar-refractivity contribution is 4.83. The summed E-state index contributed by atoms with van der Waals surface area (Å²) in [5.41, 5.74) is 0.178. The number of rotatable bonds is 1. The summed E-state index contributed by atoms with van der Waals surface area (Å²) in [6.07, 6.45) is -0.391. The topological polar surface area (TPSA) is 32.7 Å². The Kier molecular flexibility index (Phi) is 3.33. The third-order valence-electron chi connectivity index (χ3n) is 2.58. The van der Waals surface area contributed by atoms with E-state index >= 15 is 0 Å². The second kappa shape index (κ2) is 3.95. The Morgan fingerprint density at radius 1 is 1.46 bits per heavy atom. The molecule has 0 saturated carbocycles. The van der Waals surface area contributed by atoms with Gasteiger partial charge in [0.25, 0.3) is 0 Å². The predicted molar refractivity (Wildman–Crippen MR) is 52.7 cm³/mol. The standard InChI is InChI=1S/C10H21NO2/c1-8(12)9-7-11(5-6-13-9)10(2,3)4/h8-9,12H,5-7H2,1-4H3. The second-order valence-corrected chi connectivity index (χ2v) is 4.77. The fourth-order valence-corrected chi connectivity index (χ4v) is 1.58. The quantitative estimate of drug-likeness (QED) is 0.661. The third kappa shape index (κ3) is 2.93. The molecule has 2 unspecified atom stereocenters. The van der Waals surface area contributed by atoms with E-state index in [0.717, 1.165) is 19.7 Å². The van der Waals surface area contributed by atoms with Crippen LogP contribution in [0.3, 0.4) is 0 Å². The predicted octanol–water partition coefficient (Wildman–Crippen LogP) is 0.867. The van der Waals surface area contributed by atoms with Crippen molar-refractivity contribution in [2.24, 2.45) is 0 Å². The molecule has 1 rings (SSSR count). The molecule has 3 heteroatoms. The molecule has 3 nitrogen and oxygen atoms in total. The van der Waals surface area contributed by atoms with Crippen LogP contribution in [0.1, 0.15) is 27.7 Å². The van der Waals surface area contributed by atoms with E-state index in [1.54, 1.807) is 6.92 Å². The number of morpholine rings is 1. The van der Waals surface area contributed by atoms with Crippen LogP contribution in [0.4, 0.5) is 0 Å². The average Bonchev–Trinajstić information content (AvgIpc) is 2.03. The van der Waals surface area contributed by atoms with Gasteiger partial charge in [-0.2, -0.15) is 0 Å². The molecule has 1 heterocycles. The lowest BCUT2D eigenvalue weighted by Gasteiger charge is -2.42. The summed E-state index contributed by atoms with van der Waals surface area (Å²) in [5, 5.41) is 9.41. The van der Waals surface area contributed by atoms with E-state index in [1.807, 2.05) is 0 Å². The van der Waals surface area contributed by atoms with Crippen molar-refractivity contribution in [2.45, 2.75) is 45.4 Å². The Morgan fingerprint density at radius 3 is 2.54 bits per heavy atom. The molecule has 1 N–H and O–H groups in total. The van der Waals surface area contributed by atoms with Crippen LogP contribution in [-0.4, -0.2) is 47.4 Å². The molecule has 0 aliphatic carbocycles. The van der Waals surface area contributed by atoms with Gasteiger partial charge >= 0.3 is 0 Å². The highest BCUT2D eigenvalue weighted by atomic mass is 16.5. The van der Waals surface area contributed by atoms with Gasteiger partial charge in [-0.1, -0.05) is 0 Å². The van der Waals surface area contributed by atoms with Crippen molar-refractivity contribution in [3.05, 3.63) is 0 Å². The van der Waals surface area contributed by atoms with Crippen LogP contribution < -0.4 is 0 Å². The fourth-order valence-electron chi connectivity index (χ4n) is 1.58. The lowest BCUT2D eigenvalue weighted by atomic mass is 10.0. The molecule has 1 saturated heterocycles. The summed E-state index contributed by atoms with van der Waals surface area (Å²) in [6.45, 7) is 10.9. The van der Waals surface area contributed by atoms with E-state index in [1.165, 1.54) is 0 Å². The van der Waals surface area contributed by atoms with Crippen molar-refractivity contribution in [3.8, 4) is 0 Å². The Bertz CT molecular complexity index is 163. The van der Waals surface area contributed by atoms with E-state index in [-0.39, 0.29) is 17.7 Å². The lowest BCUT2D eigenvalue weighted by molar-refractivity contribution is -0.102. The van der Waals surface area contributed by atoms with Gasteiger partial charge in [0.05, 0.1) is 18.8 Å². The monoisotopic (exact) mass is 187 g/mol. The maximum absolute atomic E-state index is 9.41. The summed E-state index contributed by atoms with van der Waals surface area (Å²) >= 11 is 0. The fraction of sp³-hybridized carbons (Fsp3) is 1.00. The van der Waals surface area contributed by atoms with Crippen molar-refractivity contribution in [1.82, 2.24) is 4.90 Å². The molecule has 0 radical (unpaired) electrons. The molecule has 0 bridgehead atoms. The van der Waals surface area contributed by atoms with Crippen molar-refractivity contribution < 1.29 is 9.84 Å². The zero-order chi connectivity index (χ0) is 10.1. The summed E-state index contributed by atoms with van der Waals surface area (Å²) in [7, 11) is 0. The Morgan fingerprint density at radius 2 is 2.08 bits per heavy atom. The van der Waals surface area contributed by atoms with E-state index in [2.05, 4.69) is 25.7 Å². The van der Waals surface area contributed by atoms with E-state index in [0.29, 0.717) is 0 Å². The number of hydrogen-bond donors (Lipinski definition) is 1. The zero-order valence-electron chi connectivity index (χ0n) is 9.08. The van der Waals surface area contributed by atoms with Crippen LogP contribution in [0.2, 0.25) is 0 Å². The molecular formula is C10H21NO2. The normalized spacial score (nSPS) is 28.8. The number of nitrogens with zero attached hydrogens (tertiary/aromatic N) is 1. The minimum atomic E-state index is -0.370. The summed E-state index contributed by atoms with van der Waals surface area (Å²) in [4.78, 5) is 2.36. The van der Waals surface area contributed by atoms with Gasteiger partial charge in [0.2, 0.25) is 0 Å². The first-order valence-corrected chi connectivity index (χ1v) is 4.96. The average molecular weight is 187 g/mol. The van der Waals surface area contributed by atoms with Crippen LogP contribution in [0.25, 0.3) is 0 Å². The molecule has 0 aromatic rings. The smallest absolute Gasteiger partial charge is 0.0958 e. The summed E-state index contributed by atoms with van der Waals surface area (Å²) in [6, 6.07) is 0. The molecule has 1 aliphatic heterocycles. The van der Waals surface area contributed by atoms with Crippen LogP contribution in [0, 0.1) is 0 Å². The van der Waals surface area contributed by atoms with Gasteiger partial charge in [-0.3, -0.25) is 4.90 Å². The van der Waals surface area contributed by atoms with Crippen LogP contribution in [0.15, 0.2) is 0 Å². The van der Waals surface area contributed by atoms with Crippen LogP contribution in [0.5, 0.6) is 0 Å². The van der Waals surface area contributed by atoms with E-state index in [9.17, 15) is 5.11 Å². The Hall–Kier alpha value is -0.120. The molecule has 0 aromatic heterocycles. The molecule has 0 aromatic carbocycles. The van der Waals surface area contributed by atoms with Gasteiger partial charge in [-0.15, -0.1) is 0 Å². The molecule has 78 valence electrons. The first-order valence-electron chi connectivity index (χ1n) is 4.96. The maximum atomic E-state index is 9.41. The zero-order valence-corrected chi connectivity index (χ0v) is 9.08. The first kappa shape index (κ1) is 11.0. The molecule has 0 amide bonds. The SMILES string of the molecule is CC(O)C1CN(C(C)(C)C)CCO1. The minimum Gasteiger partial charge on any atom is -0.391 e. The van der Waals surface area contributed by atoms with Crippen LogP contribution >= 0.6 is 0 Å². The number of aliphatic hydroxyl groups is 1. The Balaban J connectivity index is 2.52. The summed E-state index contributed by atoms with van der Waals surface area (Å²) in [5.74, 6) is 0. The molecule has 13 heavy (non-hydrogen) atoms. The van der Waals surface area contributed by atoms with Crippen molar-refractivity contribution >= 4 is 0 Å². The van der Waals surface area contributed by atoms with Gasteiger partial charge in [-0.25, -0.2) is 0 Å². The van der Waals surface area contributed by atoms with Crippen LogP contribution in [-0.2, 0) is 4.74 Å². The molecule has 2 atom stereocenters. The summed E-state index contributed by atoms with van der Waals surface area (Å²) < 4.78 is 5.47. The first-order chi connectivity index (χ1) is 5.91. The van der Waals surface area contributed by atoms with E-state index in [4.69, 9.17) is 4.74 Å². The maximum Gasteiger partial charge on any atom is 0.0958 e. The third-order valence-corrected chi connectivity index (χ3v) is 2.58. The molecule has 1 fully saturated rings. The molecule has 1 aliphatic rings. The largest absolute Gasteiger partial charge is 0.391 e. The minimum absolute atomic E-state index is 0.0204. The number of hydrogen-bond acceptors (Lipinski definition) is 3. The van der Waals surface area contributed by atoms with E-state index < -0.39 is 0 Å². The van der Waals surface area contributed by atoms with Gasteiger partial charge in [0.1, 0.15) is 0 Å². The van der Waals surface area contributed by atoms with Gasteiger partial charge in [0, 0.05) is 18.6 Å². The number of aliphatic hydroxyl groups excluding tert-OH is 1. The second-order valence-electron chi connectivity index (χ2n) is 4.77. The molecular weight excluding hydrogens is 166 g/mol. The van der Waals surface area contributed by atoms with Crippen molar-refractivity contribution in [3.63, 3.8) is 0 Å². The highest BCUT2D eigenvalue weighted by Gasteiger charge is 2.30. The van der Waals surface area contributed by atoms with Crippen molar-refractivity contribution in [2.75, 3.05) is 19.7 Å². The number of ether oxygens (including phenoxy) is 1.